The van der Waals surface area contributed by atoms with Gasteiger partial charge in [0.15, 0.2) is 0 Å². The minimum Gasteiger partial charge on any atom is -0.338 e. The summed E-state index contributed by atoms with van der Waals surface area (Å²) < 4.78 is 1.70. The van der Waals surface area contributed by atoms with Crippen molar-refractivity contribution in [2.24, 2.45) is 5.92 Å². The Bertz CT molecular complexity index is 1440. The van der Waals surface area contributed by atoms with Crippen LogP contribution >= 0.6 is 11.3 Å². The van der Waals surface area contributed by atoms with Crippen LogP contribution in [0.15, 0.2) is 70.8 Å². The second kappa shape index (κ2) is 7.15. The molecular formula is C24H21N3O2S. The van der Waals surface area contributed by atoms with Crippen molar-refractivity contribution in [3.05, 3.63) is 81.3 Å². The average molecular weight is 416 g/mol. The fraction of sp³-hybridized carbons (Fsp3) is 0.167. The molecule has 5 aromatic rings. The Morgan fingerprint density at radius 2 is 1.77 bits per heavy atom. The van der Waals surface area contributed by atoms with Crippen LogP contribution in [0, 0.1) is 5.92 Å². The van der Waals surface area contributed by atoms with Gasteiger partial charge < -0.3 is 9.88 Å². The van der Waals surface area contributed by atoms with E-state index in [1.165, 1.54) is 11.3 Å². The number of imidazole rings is 1. The van der Waals surface area contributed by atoms with E-state index in [1.807, 2.05) is 70.9 Å². The molecule has 0 saturated carbocycles. The molecule has 0 bridgehead atoms. The summed E-state index contributed by atoms with van der Waals surface area (Å²) in [7, 11) is 0. The first kappa shape index (κ1) is 18.6. The molecule has 2 aromatic carbocycles. The van der Waals surface area contributed by atoms with E-state index < -0.39 is 0 Å². The molecule has 0 aliphatic heterocycles. The summed E-state index contributed by atoms with van der Waals surface area (Å²) in [6, 6.07) is 19.0. The first-order chi connectivity index (χ1) is 14.6. The van der Waals surface area contributed by atoms with Crippen molar-refractivity contribution in [2.75, 3.05) is 11.4 Å². The number of rotatable bonds is 4. The lowest BCUT2D eigenvalue weighted by atomic mass is 10.1. The molecule has 0 atom stereocenters. The number of hydrogen-bond acceptors (Lipinski definition) is 3. The van der Waals surface area contributed by atoms with Crippen molar-refractivity contribution in [1.29, 1.82) is 0 Å². The predicted octanol–water partition coefficient (Wildman–Crippen LogP) is 5.30. The predicted molar refractivity (Wildman–Crippen MR) is 124 cm³/mol. The number of carbonyl (C=O) groups excluding carboxylic acids is 1. The molecule has 150 valence electrons. The van der Waals surface area contributed by atoms with E-state index >= 15 is 0 Å². The average Bonchev–Trinajstić information content (AvgIpc) is 3.40. The van der Waals surface area contributed by atoms with Gasteiger partial charge in [0, 0.05) is 17.3 Å². The fourth-order valence-corrected chi connectivity index (χ4v) is 4.70. The van der Waals surface area contributed by atoms with Gasteiger partial charge in [-0.05, 0) is 35.6 Å². The van der Waals surface area contributed by atoms with E-state index in [9.17, 15) is 9.59 Å². The zero-order valence-electron chi connectivity index (χ0n) is 16.8. The lowest BCUT2D eigenvalue weighted by molar-refractivity contribution is 0.0988. The van der Waals surface area contributed by atoms with Gasteiger partial charge in [0.05, 0.1) is 21.6 Å². The number of aromatic nitrogens is 2. The highest BCUT2D eigenvalue weighted by Crippen LogP contribution is 2.33. The molecule has 0 aliphatic carbocycles. The Labute approximate surface area is 177 Å². The van der Waals surface area contributed by atoms with Crippen molar-refractivity contribution < 1.29 is 4.79 Å². The number of carbonyl (C=O) groups is 1. The summed E-state index contributed by atoms with van der Waals surface area (Å²) in [5.41, 5.74) is 2.96. The number of fused-ring (bicyclic) bond motifs is 4. The lowest BCUT2D eigenvalue weighted by Gasteiger charge is -2.26. The zero-order valence-corrected chi connectivity index (χ0v) is 17.6. The summed E-state index contributed by atoms with van der Waals surface area (Å²) >= 11 is 1.43. The van der Waals surface area contributed by atoms with Gasteiger partial charge in [-0.1, -0.05) is 50.2 Å². The van der Waals surface area contributed by atoms with Gasteiger partial charge in [-0.2, -0.15) is 0 Å². The van der Waals surface area contributed by atoms with Crippen LogP contribution in [0.25, 0.3) is 27.5 Å². The van der Waals surface area contributed by atoms with Crippen LogP contribution in [0.2, 0.25) is 0 Å². The molecule has 1 amide bonds. The molecule has 1 N–H and O–H groups in total. The number of hydrogen-bond donors (Lipinski definition) is 1. The molecule has 0 aliphatic rings. The SMILES string of the molecule is CC(C)CN(C(=O)c1cccs1)c1c2ccccc2c(=O)n2c1[nH]c1ccccc12. The summed E-state index contributed by atoms with van der Waals surface area (Å²) in [5, 5.41) is 3.29. The number of para-hydroxylation sites is 2. The lowest BCUT2D eigenvalue weighted by Crippen LogP contribution is -2.35. The van der Waals surface area contributed by atoms with Crippen molar-refractivity contribution in [1.82, 2.24) is 9.38 Å². The molecule has 0 spiro atoms. The van der Waals surface area contributed by atoms with E-state index in [-0.39, 0.29) is 17.4 Å². The number of nitrogens with one attached hydrogen (secondary N) is 1. The van der Waals surface area contributed by atoms with Gasteiger partial charge in [0.1, 0.15) is 5.65 Å². The molecule has 30 heavy (non-hydrogen) atoms. The van der Waals surface area contributed by atoms with E-state index in [0.29, 0.717) is 22.5 Å². The zero-order chi connectivity index (χ0) is 20.8. The summed E-state index contributed by atoms with van der Waals surface area (Å²) in [5.74, 6) is 0.201. The van der Waals surface area contributed by atoms with Crippen molar-refractivity contribution in [2.45, 2.75) is 13.8 Å². The molecular weight excluding hydrogens is 394 g/mol. The van der Waals surface area contributed by atoms with Crippen molar-refractivity contribution >= 4 is 50.4 Å². The molecule has 0 radical (unpaired) electrons. The fourth-order valence-electron chi connectivity index (χ4n) is 4.03. The molecule has 3 aromatic heterocycles. The van der Waals surface area contributed by atoms with E-state index in [1.54, 1.807) is 4.40 Å². The molecule has 5 nitrogen and oxygen atoms in total. The number of thiophene rings is 1. The van der Waals surface area contributed by atoms with E-state index in [4.69, 9.17) is 0 Å². The number of H-pyrrole nitrogens is 1. The molecule has 6 heteroatoms. The van der Waals surface area contributed by atoms with Crippen LogP contribution in [0.4, 0.5) is 5.69 Å². The number of nitrogens with zero attached hydrogens (tertiary/aromatic N) is 2. The van der Waals surface area contributed by atoms with E-state index in [0.717, 1.165) is 22.1 Å². The Hall–Kier alpha value is -3.38. The first-order valence-corrected chi connectivity index (χ1v) is 10.8. The summed E-state index contributed by atoms with van der Waals surface area (Å²) in [4.78, 5) is 32.9. The third-order valence-corrected chi connectivity index (χ3v) is 6.11. The quantitative estimate of drug-likeness (QED) is 0.433. The van der Waals surface area contributed by atoms with Crippen molar-refractivity contribution in [3.8, 4) is 0 Å². The van der Waals surface area contributed by atoms with Gasteiger partial charge in [-0.3, -0.25) is 14.0 Å². The van der Waals surface area contributed by atoms with Gasteiger partial charge in [-0.15, -0.1) is 11.3 Å². The monoisotopic (exact) mass is 415 g/mol. The second-order valence-electron chi connectivity index (χ2n) is 7.81. The minimum atomic E-state index is -0.0881. The largest absolute Gasteiger partial charge is 0.338 e. The summed E-state index contributed by atoms with van der Waals surface area (Å²) in [6.45, 7) is 4.73. The topological polar surface area (TPSA) is 57.6 Å². The molecule has 0 fully saturated rings. The van der Waals surface area contributed by atoms with Crippen LogP contribution < -0.4 is 10.5 Å². The highest BCUT2D eigenvalue weighted by atomic mass is 32.1. The second-order valence-corrected chi connectivity index (χ2v) is 8.76. The number of amides is 1. The molecule has 5 rings (SSSR count). The standard InChI is InChI=1S/C24H21N3O2S/c1-15(2)14-26(24(29)20-12-7-13-30-20)21-16-8-3-4-9-17(16)23(28)27-19-11-6-5-10-18(19)25-22(21)27/h3-13,15,25H,14H2,1-2H3. The highest BCUT2D eigenvalue weighted by molar-refractivity contribution is 7.12. The normalized spacial score (nSPS) is 11.7. The summed E-state index contributed by atoms with van der Waals surface area (Å²) in [6.07, 6.45) is 0. The van der Waals surface area contributed by atoms with Crippen LogP contribution in [-0.4, -0.2) is 21.8 Å². The molecule has 3 heterocycles. The maximum atomic E-state index is 13.6. The maximum absolute atomic E-state index is 13.6. The Kier molecular flexibility index (Phi) is 4.44. The Morgan fingerprint density at radius 3 is 2.50 bits per heavy atom. The molecule has 0 saturated heterocycles. The van der Waals surface area contributed by atoms with Crippen LogP contribution in [0.3, 0.4) is 0 Å². The van der Waals surface area contributed by atoms with Gasteiger partial charge in [0.2, 0.25) is 0 Å². The smallest absolute Gasteiger partial charge is 0.268 e. The third-order valence-electron chi connectivity index (χ3n) is 5.26. The number of benzene rings is 2. The first-order valence-electron chi connectivity index (χ1n) is 9.96. The van der Waals surface area contributed by atoms with Crippen LogP contribution in [-0.2, 0) is 0 Å². The third kappa shape index (κ3) is 2.83. The minimum absolute atomic E-state index is 0.0527. The number of pyridine rings is 1. The van der Waals surface area contributed by atoms with Gasteiger partial charge in [-0.25, -0.2) is 0 Å². The Morgan fingerprint density at radius 1 is 1.03 bits per heavy atom. The Balaban J connectivity index is 1.92. The van der Waals surface area contributed by atoms with E-state index in [2.05, 4.69) is 18.8 Å². The molecule has 0 unspecified atom stereocenters. The number of aromatic amines is 1. The maximum Gasteiger partial charge on any atom is 0.268 e. The van der Waals surface area contributed by atoms with Crippen LogP contribution in [0.1, 0.15) is 23.5 Å². The van der Waals surface area contributed by atoms with Gasteiger partial charge in [0.25, 0.3) is 11.5 Å². The van der Waals surface area contributed by atoms with Crippen LogP contribution in [0.5, 0.6) is 0 Å². The van der Waals surface area contributed by atoms with Gasteiger partial charge >= 0.3 is 0 Å². The highest BCUT2D eigenvalue weighted by Gasteiger charge is 2.26. The number of anilines is 1. The van der Waals surface area contributed by atoms with Crippen molar-refractivity contribution in [3.63, 3.8) is 0 Å².